The van der Waals surface area contributed by atoms with Crippen molar-refractivity contribution in [2.45, 2.75) is 0 Å². The third kappa shape index (κ3) is 1.12. The Morgan fingerprint density at radius 2 is 2.36 bits per heavy atom. The predicted octanol–water partition coefficient (Wildman–Crippen LogP) is 0.891. The molecule has 0 amide bonds. The number of hydrogen-bond acceptors (Lipinski definition) is 1. The van der Waals surface area contributed by atoms with Crippen molar-refractivity contribution >= 4 is 0 Å². The second kappa shape index (κ2) is 2.54. The number of nitrogens with one attached hydrogen (secondary N) is 2. The van der Waals surface area contributed by atoms with Crippen molar-refractivity contribution in [3.05, 3.63) is 36.8 Å². The molecule has 3 heteroatoms. The molecule has 0 unspecified atom stereocenters. The molecule has 2 aromatic rings. The number of hydrogen-bond donors (Lipinski definition) is 1. The minimum absolute atomic E-state index is 1.03. The largest absolute Gasteiger partial charge is 0.278 e. The normalized spacial score (nSPS) is 9.82. The lowest BCUT2D eigenvalue weighted by atomic mass is 10.2. The summed E-state index contributed by atoms with van der Waals surface area (Å²) < 4.78 is 0. The van der Waals surface area contributed by atoms with E-state index in [1.54, 1.807) is 6.20 Å². The zero-order valence-corrected chi connectivity index (χ0v) is 5.91. The average Bonchev–Trinajstić information content (AvgIpc) is 2.58. The quantitative estimate of drug-likeness (QED) is 0.638. The fourth-order valence-electron chi connectivity index (χ4n) is 0.978. The summed E-state index contributed by atoms with van der Waals surface area (Å²) in [5, 5.41) is 6.74. The Hall–Kier alpha value is -1.64. The Kier molecular flexibility index (Phi) is 1.41. The molecule has 0 aliphatic rings. The van der Waals surface area contributed by atoms with Crippen LogP contribution in [0.15, 0.2) is 36.8 Å². The smallest absolute Gasteiger partial charge is 0.176 e. The molecule has 0 aliphatic carbocycles. The van der Waals surface area contributed by atoms with E-state index in [0.29, 0.717) is 0 Å². The predicted molar refractivity (Wildman–Crippen MR) is 40.6 cm³/mol. The van der Waals surface area contributed by atoms with E-state index < -0.39 is 0 Å². The van der Waals surface area contributed by atoms with E-state index in [9.17, 15) is 0 Å². The van der Waals surface area contributed by atoms with Gasteiger partial charge in [-0.15, -0.1) is 0 Å². The Labute approximate surface area is 64.1 Å². The molecule has 3 nitrogen and oxygen atoms in total. The molecule has 0 spiro atoms. The third-order valence-corrected chi connectivity index (χ3v) is 1.52. The van der Waals surface area contributed by atoms with Crippen molar-refractivity contribution in [3.8, 4) is 11.3 Å². The van der Waals surface area contributed by atoms with Gasteiger partial charge in [0.05, 0.1) is 11.3 Å². The molecule has 0 fully saturated rings. The lowest BCUT2D eigenvalue weighted by Gasteiger charge is -1.88. The van der Waals surface area contributed by atoms with E-state index >= 15 is 0 Å². The first-order valence-corrected chi connectivity index (χ1v) is 3.43. The van der Waals surface area contributed by atoms with E-state index in [1.807, 2.05) is 30.6 Å². The summed E-state index contributed by atoms with van der Waals surface area (Å²) in [6, 6.07) is 5.91. The lowest BCUT2D eigenvalue weighted by Crippen LogP contribution is -1.98. The molecule has 0 saturated heterocycles. The Morgan fingerprint density at radius 3 is 3.00 bits per heavy atom. The zero-order chi connectivity index (χ0) is 7.52. The van der Waals surface area contributed by atoms with Crippen molar-refractivity contribution in [2.75, 3.05) is 0 Å². The number of aromatic amines is 2. The van der Waals surface area contributed by atoms with Crippen LogP contribution in [0.25, 0.3) is 11.3 Å². The molecule has 2 aromatic heterocycles. The van der Waals surface area contributed by atoms with Gasteiger partial charge in [0.15, 0.2) is 12.4 Å². The topological polar surface area (TPSA) is 42.8 Å². The van der Waals surface area contributed by atoms with Crippen LogP contribution in [-0.4, -0.2) is 10.2 Å². The van der Waals surface area contributed by atoms with Gasteiger partial charge in [0.2, 0.25) is 0 Å². The van der Waals surface area contributed by atoms with Crippen LogP contribution in [0.1, 0.15) is 0 Å². The number of H-pyrrole nitrogens is 2. The van der Waals surface area contributed by atoms with Gasteiger partial charge in [0.25, 0.3) is 0 Å². The number of pyridine rings is 1. The van der Waals surface area contributed by atoms with Crippen LogP contribution < -0.4 is 4.98 Å². The zero-order valence-electron chi connectivity index (χ0n) is 5.91. The van der Waals surface area contributed by atoms with Gasteiger partial charge in [-0.05, 0) is 12.1 Å². The molecule has 0 aliphatic heterocycles. The van der Waals surface area contributed by atoms with Gasteiger partial charge >= 0.3 is 0 Å². The molecule has 54 valence electrons. The van der Waals surface area contributed by atoms with Gasteiger partial charge in [-0.1, -0.05) is 0 Å². The van der Waals surface area contributed by atoms with Gasteiger partial charge < -0.3 is 0 Å². The summed E-state index contributed by atoms with van der Waals surface area (Å²) in [6.07, 6.45) is 5.54. The first-order valence-electron chi connectivity index (χ1n) is 3.43. The Balaban J connectivity index is 2.46. The SMILES string of the molecule is c1c[nH+]cc(-c2ccn[nH]2)c1. The maximum Gasteiger partial charge on any atom is 0.176 e. The van der Waals surface area contributed by atoms with Crippen molar-refractivity contribution in [1.29, 1.82) is 0 Å². The second-order valence-corrected chi connectivity index (χ2v) is 2.26. The number of nitrogens with zero attached hydrogens (tertiary/aromatic N) is 1. The van der Waals surface area contributed by atoms with Gasteiger partial charge in [-0.2, -0.15) is 5.10 Å². The van der Waals surface area contributed by atoms with E-state index in [4.69, 9.17) is 0 Å². The molecule has 2 rings (SSSR count). The van der Waals surface area contributed by atoms with E-state index in [2.05, 4.69) is 15.2 Å². The summed E-state index contributed by atoms with van der Waals surface area (Å²) in [4.78, 5) is 3.00. The van der Waals surface area contributed by atoms with Crippen molar-refractivity contribution in [2.24, 2.45) is 0 Å². The molecule has 0 bridgehead atoms. The fourth-order valence-corrected chi connectivity index (χ4v) is 0.978. The molecule has 0 saturated carbocycles. The minimum atomic E-state index is 1.03. The van der Waals surface area contributed by atoms with E-state index in [0.717, 1.165) is 11.3 Å². The minimum Gasteiger partial charge on any atom is -0.278 e. The molecular formula is C8H8N3+. The van der Waals surface area contributed by atoms with E-state index in [-0.39, 0.29) is 0 Å². The van der Waals surface area contributed by atoms with Crippen LogP contribution in [0.3, 0.4) is 0 Å². The van der Waals surface area contributed by atoms with Crippen LogP contribution in [0, 0.1) is 0 Å². The average molecular weight is 146 g/mol. The first-order chi connectivity index (χ1) is 5.47. The molecule has 0 aromatic carbocycles. The molecule has 2 N–H and O–H groups in total. The highest BCUT2D eigenvalue weighted by Gasteiger charge is 1.98. The maximum atomic E-state index is 3.86. The van der Waals surface area contributed by atoms with Gasteiger partial charge in [0.1, 0.15) is 0 Å². The number of rotatable bonds is 1. The molecule has 0 radical (unpaired) electrons. The summed E-state index contributed by atoms with van der Waals surface area (Å²) in [5.41, 5.74) is 2.15. The summed E-state index contributed by atoms with van der Waals surface area (Å²) in [6.45, 7) is 0. The second-order valence-electron chi connectivity index (χ2n) is 2.26. The highest BCUT2D eigenvalue weighted by Crippen LogP contribution is 2.11. The monoisotopic (exact) mass is 146 g/mol. The van der Waals surface area contributed by atoms with Crippen LogP contribution in [-0.2, 0) is 0 Å². The Bertz CT molecular complexity index is 312. The fraction of sp³-hybridized carbons (Fsp3) is 0. The molecule has 2 heterocycles. The molecule has 0 atom stereocenters. The summed E-state index contributed by atoms with van der Waals surface area (Å²) in [5.74, 6) is 0. The third-order valence-electron chi connectivity index (χ3n) is 1.52. The Morgan fingerprint density at radius 1 is 1.36 bits per heavy atom. The highest BCUT2D eigenvalue weighted by molar-refractivity contribution is 5.55. The van der Waals surface area contributed by atoms with Crippen LogP contribution in [0.4, 0.5) is 0 Å². The molecular weight excluding hydrogens is 138 g/mol. The summed E-state index contributed by atoms with van der Waals surface area (Å²) in [7, 11) is 0. The first kappa shape index (κ1) is 6.09. The standard InChI is InChI=1S/C8H7N3/c1-2-7(6-9-4-1)8-3-5-10-11-8/h1-6H,(H,10,11)/p+1. The molecule has 11 heavy (non-hydrogen) atoms. The van der Waals surface area contributed by atoms with Crippen molar-refractivity contribution < 1.29 is 4.98 Å². The van der Waals surface area contributed by atoms with Crippen LogP contribution in [0.2, 0.25) is 0 Å². The van der Waals surface area contributed by atoms with Gasteiger partial charge in [0, 0.05) is 12.3 Å². The highest BCUT2D eigenvalue weighted by atomic mass is 15.1. The van der Waals surface area contributed by atoms with Crippen LogP contribution in [0.5, 0.6) is 0 Å². The number of aromatic nitrogens is 3. The van der Waals surface area contributed by atoms with Gasteiger partial charge in [-0.3, -0.25) is 5.10 Å². The van der Waals surface area contributed by atoms with Crippen molar-refractivity contribution in [1.82, 2.24) is 10.2 Å². The van der Waals surface area contributed by atoms with E-state index in [1.165, 1.54) is 0 Å². The van der Waals surface area contributed by atoms with Crippen molar-refractivity contribution in [3.63, 3.8) is 0 Å². The maximum absolute atomic E-state index is 3.86. The summed E-state index contributed by atoms with van der Waals surface area (Å²) >= 11 is 0. The van der Waals surface area contributed by atoms with Crippen LogP contribution >= 0.6 is 0 Å². The van der Waals surface area contributed by atoms with Gasteiger partial charge in [-0.25, -0.2) is 4.98 Å². The lowest BCUT2D eigenvalue weighted by molar-refractivity contribution is -0.377.